The van der Waals surface area contributed by atoms with Gasteiger partial charge in [0.05, 0.1) is 20.8 Å². The lowest BCUT2D eigenvalue weighted by atomic mass is 10.0. The van der Waals surface area contributed by atoms with E-state index in [4.69, 9.17) is 14.2 Å². The van der Waals surface area contributed by atoms with Crippen molar-refractivity contribution in [2.45, 2.75) is 39.7 Å². The van der Waals surface area contributed by atoms with Crippen molar-refractivity contribution in [2.24, 2.45) is 0 Å². The standard InChI is InChI=1S/C25H36N2O3/c1-6-7-16-30-23-11-9-21(17-25(23)29-5)20(3)26-12-14-27(15-13-26)22-10-8-19(2)24(18-22)28-4/h8-11,17-18,20H,6-7,12-16H2,1-5H3. The van der Waals surface area contributed by atoms with Crippen LogP contribution < -0.4 is 19.1 Å². The van der Waals surface area contributed by atoms with Crippen LogP contribution in [0.25, 0.3) is 0 Å². The summed E-state index contributed by atoms with van der Waals surface area (Å²) in [5, 5.41) is 0. The van der Waals surface area contributed by atoms with Crippen molar-refractivity contribution < 1.29 is 14.2 Å². The van der Waals surface area contributed by atoms with E-state index in [0.29, 0.717) is 6.04 Å². The zero-order valence-electron chi connectivity index (χ0n) is 19.1. The van der Waals surface area contributed by atoms with Gasteiger partial charge in [0.2, 0.25) is 0 Å². The van der Waals surface area contributed by atoms with E-state index in [9.17, 15) is 0 Å². The molecule has 2 aromatic carbocycles. The molecule has 1 heterocycles. The Balaban J connectivity index is 1.62. The maximum atomic E-state index is 5.88. The first-order chi connectivity index (χ1) is 14.6. The van der Waals surface area contributed by atoms with E-state index < -0.39 is 0 Å². The number of anilines is 1. The summed E-state index contributed by atoms with van der Waals surface area (Å²) in [5.74, 6) is 2.61. The van der Waals surface area contributed by atoms with Crippen LogP contribution in [0, 0.1) is 6.92 Å². The highest BCUT2D eigenvalue weighted by molar-refractivity contribution is 5.54. The van der Waals surface area contributed by atoms with Crippen LogP contribution in [-0.4, -0.2) is 51.9 Å². The van der Waals surface area contributed by atoms with Crippen LogP contribution >= 0.6 is 0 Å². The predicted octanol–water partition coefficient (Wildman–Crippen LogP) is 5.07. The van der Waals surface area contributed by atoms with Crippen molar-refractivity contribution in [3.05, 3.63) is 47.5 Å². The van der Waals surface area contributed by atoms with Crippen LogP contribution in [0.3, 0.4) is 0 Å². The summed E-state index contributed by atoms with van der Waals surface area (Å²) in [6, 6.07) is 13.2. The van der Waals surface area contributed by atoms with E-state index in [0.717, 1.165) is 62.9 Å². The maximum absolute atomic E-state index is 5.88. The summed E-state index contributed by atoms with van der Waals surface area (Å²) in [6.07, 6.45) is 2.18. The average molecular weight is 413 g/mol. The monoisotopic (exact) mass is 412 g/mol. The molecule has 164 valence electrons. The molecule has 2 aromatic rings. The van der Waals surface area contributed by atoms with Crippen LogP contribution in [0.2, 0.25) is 0 Å². The average Bonchev–Trinajstić information content (AvgIpc) is 2.79. The first-order valence-electron chi connectivity index (χ1n) is 11.0. The van der Waals surface area contributed by atoms with Gasteiger partial charge in [-0.05, 0) is 49.6 Å². The van der Waals surface area contributed by atoms with Gasteiger partial charge in [-0.15, -0.1) is 0 Å². The molecule has 1 saturated heterocycles. The molecule has 0 radical (unpaired) electrons. The first kappa shape index (κ1) is 22.3. The molecule has 0 aromatic heterocycles. The van der Waals surface area contributed by atoms with Crippen molar-refractivity contribution in [1.29, 1.82) is 0 Å². The SMILES string of the molecule is CCCCOc1ccc(C(C)N2CCN(c3ccc(C)c(OC)c3)CC2)cc1OC. The largest absolute Gasteiger partial charge is 0.496 e. The second kappa shape index (κ2) is 10.6. The molecule has 0 N–H and O–H groups in total. The zero-order chi connectivity index (χ0) is 21.5. The number of hydrogen-bond acceptors (Lipinski definition) is 5. The second-order valence-corrected chi connectivity index (χ2v) is 7.97. The van der Waals surface area contributed by atoms with E-state index in [1.807, 2.05) is 0 Å². The van der Waals surface area contributed by atoms with E-state index in [1.165, 1.54) is 16.8 Å². The highest BCUT2D eigenvalue weighted by atomic mass is 16.5. The normalized spacial score (nSPS) is 15.7. The molecule has 0 saturated carbocycles. The lowest BCUT2D eigenvalue weighted by Gasteiger charge is -2.39. The number of aryl methyl sites for hydroxylation is 1. The minimum Gasteiger partial charge on any atom is -0.496 e. The zero-order valence-corrected chi connectivity index (χ0v) is 19.1. The molecule has 1 aliphatic rings. The number of hydrogen-bond donors (Lipinski definition) is 0. The van der Waals surface area contributed by atoms with Gasteiger partial charge in [-0.3, -0.25) is 4.90 Å². The van der Waals surface area contributed by atoms with Crippen LogP contribution in [0.5, 0.6) is 17.2 Å². The summed E-state index contributed by atoms with van der Waals surface area (Å²) in [7, 11) is 3.45. The molecule has 0 amide bonds. The minimum atomic E-state index is 0.332. The molecule has 1 unspecified atom stereocenters. The van der Waals surface area contributed by atoms with E-state index >= 15 is 0 Å². The summed E-state index contributed by atoms with van der Waals surface area (Å²) in [6.45, 7) is 11.3. The molecule has 3 rings (SSSR count). The van der Waals surface area contributed by atoms with Gasteiger partial charge >= 0.3 is 0 Å². The quantitative estimate of drug-likeness (QED) is 0.537. The summed E-state index contributed by atoms with van der Waals surface area (Å²) >= 11 is 0. The molecule has 1 atom stereocenters. The maximum Gasteiger partial charge on any atom is 0.161 e. The van der Waals surface area contributed by atoms with Crippen LogP contribution in [0.4, 0.5) is 5.69 Å². The molecule has 30 heavy (non-hydrogen) atoms. The van der Waals surface area contributed by atoms with Gasteiger partial charge in [0.25, 0.3) is 0 Å². The van der Waals surface area contributed by atoms with E-state index in [1.54, 1.807) is 14.2 Å². The number of unbranched alkanes of at least 4 members (excludes halogenated alkanes) is 1. The van der Waals surface area contributed by atoms with Gasteiger partial charge in [-0.25, -0.2) is 0 Å². The fraction of sp³-hybridized carbons (Fsp3) is 0.520. The van der Waals surface area contributed by atoms with Crippen LogP contribution in [-0.2, 0) is 0 Å². The Kier molecular flexibility index (Phi) is 7.86. The Hall–Kier alpha value is -2.40. The second-order valence-electron chi connectivity index (χ2n) is 7.97. The van der Waals surface area contributed by atoms with Crippen LogP contribution in [0.15, 0.2) is 36.4 Å². The number of rotatable bonds is 9. The lowest BCUT2D eigenvalue weighted by molar-refractivity contribution is 0.198. The molecule has 5 nitrogen and oxygen atoms in total. The Morgan fingerprint density at radius 3 is 2.30 bits per heavy atom. The third-order valence-electron chi connectivity index (χ3n) is 6.04. The Labute approximate surface area is 181 Å². The fourth-order valence-corrected chi connectivity index (χ4v) is 3.97. The van der Waals surface area contributed by atoms with E-state index in [2.05, 4.69) is 67.0 Å². The molecule has 5 heteroatoms. The molecule has 1 fully saturated rings. The molecule has 0 bridgehead atoms. The number of benzene rings is 2. The highest BCUT2D eigenvalue weighted by Gasteiger charge is 2.23. The van der Waals surface area contributed by atoms with Gasteiger partial charge in [-0.2, -0.15) is 0 Å². The van der Waals surface area contributed by atoms with Gasteiger partial charge in [0.1, 0.15) is 5.75 Å². The smallest absolute Gasteiger partial charge is 0.161 e. The molecular weight excluding hydrogens is 376 g/mol. The molecule has 0 aliphatic carbocycles. The Morgan fingerprint density at radius 2 is 1.63 bits per heavy atom. The number of piperazine rings is 1. The van der Waals surface area contributed by atoms with Gasteiger partial charge in [0, 0.05) is 44.0 Å². The highest BCUT2D eigenvalue weighted by Crippen LogP contribution is 2.33. The Morgan fingerprint density at radius 1 is 0.900 bits per heavy atom. The van der Waals surface area contributed by atoms with Crippen molar-refractivity contribution in [3.63, 3.8) is 0 Å². The summed E-state index contributed by atoms with van der Waals surface area (Å²) < 4.78 is 17.0. The minimum absolute atomic E-state index is 0.332. The number of ether oxygens (including phenoxy) is 3. The van der Waals surface area contributed by atoms with Crippen LogP contribution in [0.1, 0.15) is 43.9 Å². The van der Waals surface area contributed by atoms with Gasteiger partial charge in [0.15, 0.2) is 11.5 Å². The van der Waals surface area contributed by atoms with Crippen molar-refractivity contribution in [2.75, 3.05) is 51.9 Å². The topological polar surface area (TPSA) is 34.2 Å². The first-order valence-corrected chi connectivity index (χ1v) is 11.0. The van der Waals surface area contributed by atoms with Crippen molar-refractivity contribution >= 4 is 5.69 Å². The fourth-order valence-electron chi connectivity index (χ4n) is 3.97. The third kappa shape index (κ3) is 5.20. The van der Waals surface area contributed by atoms with Crippen molar-refractivity contribution in [1.82, 2.24) is 4.90 Å². The summed E-state index contributed by atoms with van der Waals surface area (Å²) in [5.41, 5.74) is 3.67. The molecular formula is C25H36N2O3. The van der Waals surface area contributed by atoms with Crippen molar-refractivity contribution in [3.8, 4) is 17.2 Å². The number of methoxy groups -OCH3 is 2. The van der Waals surface area contributed by atoms with Gasteiger partial charge in [-0.1, -0.05) is 25.5 Å². The van der Waals surface area contributed by atoms with Gasteiger partial charge < -0.3 is 19.1 Å². The van der Waals surface area contributed by atoms with E-state index in [-0.39, 0.29) is 0 Å². The predicted molar refractivity (Wildman–Crippen MR) is 123 cm³/mol. The third-order valence-corrected chi connectivity index (χ3v) is 6.04. The summed E-state index contributed by atoms with van der Waals surface area (Å²) in [4.78, 5) is 4.98. The lowest BCUT2D eigenvalue weighted by Crippen LogP contribution is -2.47. The molecule has 0 spiro atoms. The number of nitrogens with zero attached hydrogens (tertiary/aromatic N) is 2. The molecule has 1 aliphatic heterocycles. The Bertz CT molecular complexity index is 816.